The van der Waals surface area contributed by atoms with E-state index in [4.69, 9.17) is 0 Å². The van der Waals surface area contributed by atoms with Crippen LogP contribution in [-0.2, 0) is 13.6 Å². The number of aryl methyl sites for hydroxylation is 3. The molecular formula is C18H24N4O. The zero-order chi connectivity index (χ0) is 16.4. The van der Waals surface area contributed by atoms with Crippen LogP contribution in [0.2, 0.25) is 0 Å². The number of carbonyl (C=O) groups is 1. The maximum atomic E-state index is 12.6. The molecule has 0 aliphatic carbocycles. The number of benzene rings is 1. The Balaban J connectivity index is 1.57. The largest absolute Gasteiger partial charge is 0.336 e. The lowest BCUT2D eigenvalue weighted by Crippen LogP contribution is -2.48. The first-order valence-electron chi connectivity index (χ1n) is 8.09. The smallest absolute Gasteiger partial charge is 0.253 e. The number of piperazine rings is 1. The third-order valence-corrected chi connectivity index (χ3v) is 4.58. The summed E-state index contributed by atoms with van der Waals surface area (Å²) in [5.74, 6) is 0.147. The fraction of sp³-hybridized carbons (Fsp3) is 0.444. The third kappa shape index (κ3) is 3.62. The molecule has 2 aromatic rings. The number of hydrogen-bond acceptors (Lipinski definition) is 3. The first-order valence-corrected chi connectivity index (χ1v) is 8.09. The maximum Gasteiger partial charge on any atom is 0.253 e. The first-order chi connectivity index (χ1) is 11.0. The Labute approximate surface area is 137 Å². The Kier molecular flexibility index (Phi) is 4.48. The Morgan fingerprint density at radius 1 is 1.13 bits per heavy atom. The summed E-state index contributed by atoms with van der Waals surface area (Å²) in [5.41, 5.74) is 4.42. The minimum absolute atomic E-state index is 0.147. The van der Waals surface area contributed by atoms with Crippen LogP contribution in [0.5, 0.6) is 0 Å². The molecule has 0 spiro atoms. The zero-order valence-electron chi connectivity index (χ0n) is 14.1. The normalized spacial score (nSPS) is 15.9. The van der Waals surface area contributed by atoms with E-state index in [0.717, 1.165) is 38.3 Å². The van der Waals surface area contributed by atoms with E-state index in [-0.39, 0.29) is 5.91 Å². The van der Waals surface area contributed by atoms with Crippen molar-refractivity contribution in [1.29, 1.82) is 0 Å². The molecule has 1 saturated heterocycles. The second kappa shape index (κ2) is 6.54. The molecule has 23 heavy (non-hydrogen) atoms. The number of hydrogen-bond donors (Lipinski definition) is 0. The number of carbonyl (C=O) groups excluding carboxylic acids is 1. The van der Waals surface area contributed by atoms with Gasteiger partial charge in [0.2, 0.25) is 0 Å². The van der Waals surface area contributed by atoms with E-state index >= 15 is 0 Å². The molecule has 1 fully saturated rings. The second-order valence-corrected chi connectivity index (χ2v) is 6.39. The lowest BCUT2D eigenvalue weighted by Gasteiger charge is -2.34. The van der Waals surface area contributed by atoms with Crippen molar-refractivity contribution in [3.8, 4) is 0 Å². The minimum atomic E-state index is 0.147. The second-order valence-electron chi connectivity index (χ2n) is 6.39. The van der Waals surface area contributed by atoms with Gasteiger partial charge in [-0.2, -0.15) is 5.10 Å². The molecular weight excluding hydrogens is 288 g/mol. The van der Waals surface area contributed by atoms with Gasteiger partial charge in [-0.25, -0.2) is 0 Å². The zero-order valence-corrected chi connectivity index (χ0v) is 14.1. The van der Waals surface area contributed by atoms with E-state index in [0.29, 0.717) is 0 Å². The molecule has 3 rings (SSSR count). The van der Waals surface area contributed by atoms with Gasteiger partial charge in [-0.15, -0.1) is 0 Å². The molecule has 0 N–H and O–H groups in total. The quantitative estimate of drug-likeness (QED) is 0.870. The van der Waals surface area contributed by atoms with Gasteiger partial charge in [0.15, 0.2) is 0 Å². The van der Waals surface area contributed by atoms with Crippen molar-refractivity contribution >= 4 is 5.91 Å². The van der Waals surface area contributed by atoms with Crippen molar-refractivity contribution in [2.45, 2.75) is 20.4 Å². The van der Waals surface area contributed by atoms with E-state index in [1.54, 1.807) is 0 Å². The monoisotopic (exact) mass is 312 g/mol. The van der Waals surface area contributed by atoms with E-state index in [1.165, 1.54) is 16.7 Å². The summed E-state index contributed by atoms with van der Waals surface area (Å²) in [7, 11) is 1.93. The van der Waals surface area contributed by atoms with E-state index < -0.39 is 0 Å². The number of amides is 1. The Morgan fingerprint density at radius 2 is 1.87 bits per heavy atom. The average molecular weight is 312 g/mol. The van der Waals surface area contributed by atoms with Gasteiger partial charge in [0.05, 0.1) is 6.20 Å². The van der Waals surface area contributed by atoms with Gasteiger partial charge >= 0.3 is 0 Å². The standard InChI is InChI=1S/C18H24N4O/c1-14-4-5-17(10-15(14)2)18(23)22-8-6-21(7-9-22)13-16-11-19-20(3)12-16/h4-5,10-12H,6-9,13H2,1-3H3. The van der Waals surface area contributed by atoms with Crippen LogP contribution in [-0.4, -0.2) is 51.7 Å². The summed E-state index contributed by atoms with van der Waals surface area (Å²) < 4.78 is 1.83. The maximum absolute atomic E-state index is 12.6. The predicted octanol–water partition coefficient (Wildman–Crippen LogP) is 1.99. The molecule has 1 aromatic heterocycles. The van der Waals surface area contributed by atoms with Gasteiger partial charge in [0.1, 0.15) is 0 Å². The average Bonchev–Trinajstić information content (AvgIpc) is 2.95. The van der Waals surface area contributed by atoms with Crippen LogP contribution in [0.25, 0.3) is 0 Å². The van der Waals surface area contributed by atoms with Crippen molar-refractivity contribution in [3.05, 3.63) is 52.8 Å². The molecule has 122 valence electrons. The molecule has 1 amide bonds. The summed E-state index contributed by atoms with van der Waals surface area (Å²) in [6.07, 6.45) is 3.96. The summed E-state index contributed by atoms with van der Waals surface area (Å²) in [6.45, 7) is 8.41. The van der Waals surface area contributed by atoms with Gasteiger partial charge in [0.25, 0.3) is 5.91 Å². The highest BCUT2D eigenvalue weighted by Gasteiger charge is 2.22. The summed E-state index contributed by atoms with van der Waals surface area (Å²) in [4.78, 5) is 17.0. The lowest BCUT2D eigenvalue weighted by molar-refractivity contribution is 0.0628. The van der Waals surface area contributed by atoms with Crippen LogP contribution in [0.3, 0.4) is 0 Å². The van der Waals surface area contributed by atoms with Crippen LogP contribution in [0, 0.1) is 13.8 Å². The highest BCUT2D eigenvalue weighted by atomic mass is 16.2. The Morgan fingerprint density at radius 3 is 2.48 bits per heavy atom. The molecule has 0 saturated carbocycles. The van der Waals surface area contributed by atoms with E-state index in [9.17, 15) is 4.79 Å². The summed E-state index contributed by atoms with van der Waals surface area (Å²) in [6, 6.07) is 5.97. The molecule has 2 heterocycles. The van der Waals surface area contributed by atoms with Gasteiger partial charge in [-0.1, -0.05) is 6.07 Å². The third-order valence-electron chi connectivity index (χ3n) is 4.58. The van der Waals surface area contributed by atoms with Crippen molar-refractivity contribution in [3.63, 3.8) is 0 Å². The molecule has 1 aliphatic rings. The highest BCUT2D eigenvalue weighted by molar-refractivity contribution is 5.94. The fourth-order valence-corrected chi connectivity index (χ4v) is 2.98. The van der Waals surface area contributed by atoms with Crippen LogP contribution in [0.15, 0.2) is 30.6 Å². The van der Waals surface area contributed by atoms with Crippen LogP contribution >= 0.6 is 0 Å². The van der Waals surface area contributed by atoms with Crippen LogP contribution in [0.1, 0.15) is 27.0 Å². The summed E-state index contributed by atoms with van der Waals surface area (Å²) >= 11 is 0. The van der Waals surface area contributed by atoms with Gasteiger partial charge < -0.3 is 4.90 Å². The van der Waals surface area contributed by atoms with Gasteiger partial charge in [0, 0.05) is 57.1 Å². The summed E-state index contributed by atoms with van der Waals surface area (Å²) in [5, 5.41) is 4.21. The van der Waals surface area contributed by atoms with Crippen molar-refractivity contribution in [2.75, 3.05) is 26.2 Å². The van der Waals surface area contributed by atoms with E-state index in [2.05, 4.69) is 23.8 Å². The number of rotatable bonds is 3. The van der Waals surface area contributed by atoms with Crippen molar-refractivity contribution in [2.24, 2.45) is 7.05 Å². The molecule has 1 aromatic carbocycles. The fourth-order valence-electron chi connectivity index (χ4n) is 2.98. The molecule has 0 radical (unpaired) electrons. The Bertz CT molecular complexity index is 699. The van der Waals surface area contributed by atoms with E-state index in [1.807, 2.05) is 47.2 Å². The topological polar surface area (TPSA) is 41.4 Å². The molecule has 0 unspecified atom stereocenters. The number of aromatic nitrogens is 2. The predicted molar refractivity (Wildman–Crippen MR) is 90.3 cm³/mol. The van der Waals surface area contributed by atoms with Gasteiger partial charge in [-0.3, -0.25) is 14.4 Å². The SMILES string of the molecule is Cc1ccc(C(=O)N2CCN(Cc3cnn(C)c3)CC2)cc1C. The van der Waals surface area contributed by atoms with Crippen molar-refractivity contribution in [1.82, 2.24) is 19.6 Å². The highest BCUT2D eigenvalue weighted by Crippen LogP contribution is 2.14. The Hall–Kier alpha value is -2.14. The number of nitrogens with zero attached hydrogens (tertiary/aromatic N) is 4. The van der Waals surface area contributed by atoms with Crippen LogP contribution < -0.4 is 0 Å². The minimum Gasteiger partial charge on any atom is -0.336 e. The molecule has 5 nitrogen and oxygen atoms in total. The molecule has 5 heteroatoms. The van der Waals surface area contributed by atoms with Crippen molar-refractivity contribution < 1.29 is 4.79 Å². The lowest BCUT2D eigenvalue weighted by atomic mass is 10.1. The first kappa shape index (κ1) is 15.7. The molecule has 0 atom stereocenters. The molecule has 0 bridgehead atoms. The van der Waals surface area contributed by atoms with Gasteiger partial charge in [-0.05, 0) is 37.1 Å². The van der Waals surface area contributed by atoms with Crippen LogP contribution in [0.4, 0.5) is 0 Å². The molecule has 1 aliphatic heterocycles.